The minimum Gasteiger partial charge on any atom is -0.192 e. The van der Waals surface area contributed by atoms with Gasteiger partial charge in [0.1, 0.15) is 0 Å². The van der Waals surface area contributed by atoms with E-state index in [1.54, 1.807) is 24.3 Å². The molecule has 1 heterocycles. The van der Waals surface area contributed by atoms with Crippen LogP contribution in [-0.2, 0) is 0 Å². The SMILES string of the molecule is CC1(C)C(c2ccc(C#N)cc2)=NN=C1c1ccc(C#N)cc1. The predicted octanol–water partition coefficient (Wildman–Crippen LogP) is 3.66. The summed E-state index contributed by atoms with van der Waals surface area (Å²) in [5.41, 5.74) is 4.57. The Morgan fingerprint density at radius 2 is 1.04 bits per heavy atom. The maximum atomic E-state index is 8.90. The molecule has 4 nitrogen and oxygen atoms in total. The smallest absolute Gasteiger partial charge is 0.0991 e. The fourth-order valence-electron chi connectivity index (χ4n) is 2.70. The van der Waals surface area contributed by atoms with Gasteiger partial charge in [-0.2, -0.15) is 20.7 Å². The Morgan fingerprint density at radius 3 is 1.35 bits per heavy atom. The molecular weight excluding hydrogens is 284 g/mol. The summed E-state index contributed by atoms with van der Waals surface area (Å²) in [6, 6.07) is 19.0. The lowest BCUT2D eigenvalue weighted by molar-refractivity contribution is 0.745. The third-order valence-electron chi connectivity index (χ3n) is 4.01. The van der Waals surface area contributed by atoms with Crippen LogP contribution in [0.2, 0.25) is 0 Å². The molecule has 3 rings (SSSR count). The quantitative estimate of drug-likeness (QED) is 0.848. The average molecular weight is 298 g/mol. The van der Waals surface area contributed by atoms with Crippen LogP contribution in [0.3, 0.4) is 0 Å². The first-order valence-corrected chi connectivity index (χ1v) is 7.24. The van der Waals surface area contributed by atoms with Crippen LogP contribution in [0.15, 0.2) is 58.7 Å². The van der Waals surface area contributed by atoms with Gasteiger partial charge in [0.05, 0.1) is 40.1 Å². The second kappa shape index (κ2) is 5.51. The minimum absolute atomic E-state index is 0.345. The Morgan fingerprint density at radius 1 is 0.696 bits per heavy atom. The first-order chi connectivity index (χ1) is 11.1. The van der Waals surface area contributed by atoms with E-state index in [0.717, 1.165) is 22.6 Å². The zero-order valence-corrected chi connectivity index (χ0v) is 12.9. The van der Waals surface area contributed by atoms with Crippen LogP contribution in [0, 0.1) is 28.1 Å². The first-order valence-electron chi connectivity index (χ1n) is 7.24. The molecule has 0 aliphatic carbocycles. The maximum absolute atomic E-state index is 8.90. The summed E-state index contributed by atoms with van der Waals surface area (Å²) >= 11 is 0. The molecule has 23 heavy (non-hydrogen) atoms. The first kappa shape index (κ1) is 14.7. The largest absolute Gasteiger partial charge is 0.192 e. The van der Waals surface area contributed by atoms with E-state index in [2.05, 4.69) is 36.2 Å². The highest BCUT2D eigenvalue weighted by Crippen LogP contribution is 2.33. The van der Waals surface area contributed by atoms with Crippen LogP contribution in [0.25, 0.3) is 0 Å². The van der Waals surface area contributed by atoms with Crippen molar-refractivity contribution < 1.29 is 0 Å². The van der Waals surface area contributed by atoms with Crippen molar-refractivity contribution in [2.75, 3.05) is 0 Å². The van der Waals surface area contributed by atoms with Gasteiger partial charge in [0.25, 0.3) is 0 Å². The third kappa shape index (κ3) is 2.52. The van der Waals surface area contributed by atoms with Crippen molar-refractivity contribution in [1.29, 1.82) is 10.5 Å². The standard InChI is InChI=1S/C19H14N4/c1-19(2)17(15-7-3-13(11-20)4-8-15)22-23-18(19)16-9-5-14(12-21)6-10-16/h3-10H,1-2H3. The molecule has 0 bridgehead atoms. The van der Waals surface area contributed by atoms with Gasteiger partial charge in [-0.15, -0.1) is 0 Å². The number of nitrogens with zero attached hydrogens (tertiary/aromatic N) is 4. The zero-order valence-electron chi connectivity index (χ0n) is 12.9. The highest BCUT2D eigenvalue weighted by molar-refractivity contribution is 6.25. The molecule has 2 aromatic carbocycles. The normalized spacial score (nSPS) is 15.3. The van der Waals surface area contributed by atoms with Gasteiger partial charge in [-0.05, 0) is 49.2 Å². The fourth-order valence-corrected chi connectivity index (χ4v) is 2.70. The van der Waals surface area contributed by atoms with Crippen molar-refractivity contribution in [3.8, 4) is 12.1 Å². The molecule has 0 N–H and O–H groups in total. The second-order valence-electron chi connectivity index (χ2n) is 5.90. The maximum Gasteiger partial charge on any atom is 0.0991 e. The lowest BCUT2D eigenvalue weighted by atomic mass is 9.77. The van der Waals surface area contributed by atoms with Gasteiger partial charge >= 0.3 is 0 Å². The lowest BCUT2D eigenvalue weighted by Crippen LogP contribution is -2.31. The topological polar surface area (TPSA) is 72.3 Å². The van der Waals surface area contributed by atoms with Crippen LogP contribution in [0.1, 0.15) is 36.1 Å². The van der Waals surface area contributed by atoms with E-state index in [1.807, 2.05) is 24.3 Å². The van der Waals surface area contributed by atoms with Gasteiger partial charge in [0.15, 0.2) is 0 Å². The molecular formula is C19H14N4. The second-order valence-corrected chi connectivity index (χ2v) is 5.90. The highest BCUT2D eigenvalue weighted by Gasteiger charge is 2.37. The molecule has 0 amide bonds. The van der Waals surface area contributed by atoms with Crippen LogP contribution in [-0.4, -0.2) is 11.4 Å². The molecule has 0 atom stereocenters. The molecule has 0 spiro atoms. The molecule has 0 aromatic heterocycles. The van der Waals surface area contributed by atoms with E-state index < -0.39 is 0 Å². The van der Waals surface area contributed by atoms with Crippen molar-refractivity contribution in [3.63, 3.8) is 0 Å². The van der Waals surface area contributed by atoms with E-state index in [-0.39, 0.29) is 5.41 Å². The van der Waals surface area contributed by atoms with Crippen LogP contribution in [0.5, 0.6) is 0 Å². The summed E-state index contributed by atoms with van der Waals surface area (Å²) in [7, 11) is 0. The van der Waals surface area contributed by atoms with Gasteiger partial charge in [0, 0.05) is 0 Å². The van der Waals surface area contributed by atoms with Crippen molar-refractivity contribution in [3.05, 3.63) is 70.8 Å². The van der Waals surface area contributed by atoms with Crippen molar-refractivity contribution in [2.45, 2.75) is 13.8 Å². The van der Waals surface area contributed by atoms with Gasteiger partial charge in [-0.25, -0.2) is 0 Å². The Kier molecular flexibility index (Phi) is 3.52. The summed E-state index contributed by atoms with van der Waals surface area (Å²) in [6.45, 7) is 4.15. The molecule has 2 aromatic rings. The molecule has 0 fully saturated rings. The number of hydrogen-bond donors (Lipinski definition) is 0. The van der Waals surface area contributed by atoms with Crippen molar-refractivity contribution in [2.24, 2.45) is 15.6 Å². The van der Waals surface area contributed by atoms with E-state index in [1.165, 1.54) is 0 Å². The van der Waals surface area contributed by atoms with E-state index >= 15 is 0 Å². The van der Waals surface area contributed by atoms with Crippen LogP contribution in [0.4, 0.5) is 0 Å². The molecule has 0 saturated carbocycles. The Bertz CT molecular complexity index is 811. The van der Waals surface area contributed by atoms with Crippen molar-refractivity contribution >= 4 is 11.4 Å². The van der Waals surface area contributed by atoms with E-state index in [4.69, 9.17) is 10.5 Å². The minimum atomic E-state index is -0.345. The van der Waals surface area contributed by atoms with Gasteiger partial charge < -0.3 is 0 Å². The summed E-state index contributed by atoms with van der Waals surface area (Å²) in [5.74, 6) is 0. The van der Waals surface area contributed by atoms with Crippen LogP contribution >= 0.6 is 0 Å². The van der Waals surface area contributed by atoms with Gasteiger partial charge in [0.2, 0.25) is 0 Å². The third-order valence-corrected chi connectivity index (χ3v) is 4.01. The molecule has 1 aliphatic rings. The monoisotopic (exact) mass is 298 g/mol. The number of rotatable bonds is 2. The number of nitriles is 2. The summed E-state index contributed by atoms with van der Waals surface area (Å²) in [6.07, 6.45) is 0. The van der Waals surface area contributed by atoms with Crippen molar-refractivity contribution in [1.82, 2.24) is 0 Å². The number of benzene rings is 2. The Labute approximate surface area is 135 Å². The lowest BCUT2D eigenvalue weighted by Gasteiger charge is -2.23. The summed E-state index contributed by atoms with van der Waals surface area (Å²) < 4.78 is 0. The summed E-state index contributed by atoms with van der Waals surface area (Å²) in [4.78, 5) is 0. The summed E-state index contributed by atoms with van der Waals surface area (Å²) in [5, 5.41) is 26.6. The van der Waals surface area contributed by atoms with Gasteiger partial charge in [-0.1, -0.05) is 24.3 Å². The van der Waals surface area contributed by atoms with E-state index in [0.29, 0.717) is 11.1 Å². The fraction of sp³-hybridized carbons (Fsp3) is 0.158. The average Bonchev–Trinajstić information content (AvgIpc) is 2.90. The molecule has 0 saturated heterocycles. The molecule has 1 aliphatic heterocycles. The highest BCUT2D eigenvalue weighted by atomic mass is 15.2. The Hall–Kier alpha value is -3.24. The predicted molar refractivity (Wildman–Crippen MR) is 89.2 cm³/mol. The molecule has 4 heteroatoms. The molecule has 110 valence electrons. The van der Waals surface area contributed by atoms with Gasteiger partial charge in [-0.3, -0.25) is 0 Å². The van der Waals surface area contributed by atoms with E-state index in [9.17, 15) is 0 Å². The molecule has 0 radical (unpaired) electrons. The number of hydrogen-bond acceptors (Lipinski definition) is 4. The van der Waals surface area contributed by atoms with Crippen LogP contribution < -0.4 is 0 Å². The molecule has 0 unspecified atom stereocenters. The Balaban J connectivity index is 1.93. The zero-order chi connectivity index (χ0) is 16.4.